The molecule has 2 aliphatic carbocycles. The number of nitrogens with zero attached hydrogens (tertiary/aromatic N) is 2. The van der Waals surface area contributed by atoms with E-state index in [0.717, 1.165) is 12.8 Å². The third-order valence-electron chi connectivity index (χ3n) is 8.99. The summed E-state index contributed by atoms with van der Waals surface area (Å²) in [7, 11) is -4.06. The van der Waals surface area contributed by atoms with Crippen molar-refractivity contribution in [1.82, 2.24) is 20.7 Å². The fraction of sp³-hybridized carbons (Fsp3) is 0.906. The van der Waals surface area contributed by atoms with E-state index in [1.165, 1.54) is 0 Å². The highest BCUT2D eigenvalue weighted by molar-refractivity contribution is 7.89. The Balaban J connectivity index is 2.31. The molecule has 0 aromatic carbocycles. The van der Waals surface area contributed by atoms with Crippen molar-refractivity contribution in [2.45, 2.75) is 135 Å². The zero-order chi connectivity index (χ0) is 34.6. The number of alkyl halides is 2. The molecule has 11 nitrogen and oxygen atoms in total. The van der Waals surface area contributed by atoms with Gasteiger partial charge in [-0.15, -0.1) is 0 Å². The molecule has 2 fully saturated rings. The Morgan fingerprint density at radius 1 is 0.891 bits per heavy atom. The van der Waals surface area contributed by atoms with Crippen LogP contribution in [0.1, 0.15) is 105 Å². The Bertz CT molecular complexity index is 1070. The lowest BCUT2D eigenvalue weighted by Gasteiger charge is -2.37. The first-order valence-electron chi connectivity index (χ1n) is 17.2. The lowest BCUT2D eigenvalue weighted by Crippen LogP contribution is -2.55. The van der Waals surface area contributed by atoms with Gasteiger partial charge in [-0.2, -0.15) is 0 Å². The number of carbonyl (C=O) groups excluding carboxylic acids is 3. The number of carbonyl (C=O) groups is 3. The molecule has 0 radical (unpaired) electrons. The van der Waals surface area contributed by atoms with Crippen molar-refractivity contribution in [1.29, 1.82) is 0 Å². The van der Waals surface area contributed by atoms with Gasteiger partial charge in [0, 0.05) is 50.9 Å². The van der Waals surface area contributed by atoms with Gasteiger partial charge < -0.3 is 15.3 Å². The number of primary sulfonamides is 1. The number of halogens is 2. The van der Waals surface area contributed by atoms with E-state index >= 15 is 0 Å². The molecule has 0 heterocycles. The number of aliphatic hydroxyl groups is 1. The number of nitrogens with one attached hydrogen (secondary N) is 2. The smallest absolute Gasteiger partial charge is 0.234 e. The van der Waals surface area contributed by atoms with E-state index < -0.39 is 63.4 Å². The molecule has 2 saturated carbocycles. The maximum atomic E-state index is 14.3. The highest BCUT2D eigenvalue weighted by Gasteiger charge is 2.42. The van der Waals surface area contributed by atoms with E-state index in [0.29, 0.717) is 26.1 Å². The molecule has 7 atom stereocenters. The van der Waals surface area contributed by atoms with E-state index in [4.69, 9.17) is 5.14 Å². The first-order valence-corrected chi connectivity index (χ1v) is 18.8. The number of hydrazine groups is 1. The third kappa shape index (κ3) is 13.3. The van der Waals surface area contributed by atoms with Crippen molar-refractivity contribution in [3.63, 3.8) is 0 Å². The summed E-state index contributed by atoms with van der Waals surface area (Å²) in [5.74, 6) is -2.87. The molecule has 268 valence electrons. The third-order valence-corrected chi connectivity index (χ3v) is 10.3. The number of sulfonamides is 1. The quantitative estimate of drug-likeness (QED) is 0.162. The first-order chi connectivity index (χ1) is 21.6. The predicted molar refractivity (Wildman–Crippen MR) is 174 cm³/mol. The number of hydrogen-bond donors (Lipinski definition) is 4. The molecular weight excluding hydrogens is 620 g/mol. The van der Waals surface area contributed by atoms with E-state index in [-0.39, 0.29) is 75.6 Å². The summed E-state index contributed by atoms with van der Waals surface area (Å²) in [4.78, 5) is 41.6. The Morgan fingerprint density at radius 2 is 1.46 bits per heavy atom. The van der Waals surface area contributed by atoms with E-state index in [1.54, 1.807) is 9.91 Å². The fourth-order valence-corrected chi connectivity index (χ4v) is 7.94. The van der Waals surface area contributed by atoms with Crippen LogP contribution in [-0.4, -0.2) is 97.1 Å². The Morgan fingerprint density at radius 3 is 1.98 bits per heavy atom. The molecule has 2 rings (SSSR count). The SMILES string of the molecule is CCCN(CC(O)C(CC1CC(F)CC(F)C1)NC(=O)C1CC(C(=O)N(CCC)CCC)CC(S(N)(=O)=O)C1)NC(=O)CC(C)C. The van der Waals surface area contributed by atoms with Gasteiger partial charge in [-0.25, -0.2) is 27.3 Å². The van der Waals surface area contributed by atoms with Gasteiger partial charge in [0.1, 0.15) is 12.3 Å². The Labute approximate surface area is 274 Å². The number of rotatable bonds is 18. The standard InChI is InChI=1S/C32H59F2N5O6S/c1-6-9-38(10-7-2)32(43)24-16-23(17-27(18-24)46(35,44)45)31(42)36-28(15-22-13-25(33)19-26(34)14-22)29(40)20-39(11-8-3)37-30(41)12-21(4)5/h21-29,40H,6-20H2,1-5H3,(H,36,42)(H,37,41)(H2,35,44,45). The molecule has 0 aromatic rings. The van der Waals surface area contributed by atoms with Crippen LogP contribution in [0.2, 0.25) is 0 Å². The van der Waals surface area contributed by atoms with Crippen LogP contribution in [0.25, 0.3) is 0 Å². The van der Waals surface area contributed by atoms with Gasteiger partial charge in [0.15, 0.2) is 0 Å². The second-order valence-electron chi connectivity index (χ2n) is 13.9. The molecule has 5 N–H and O–H groups in total. The fourth-order valence-electron chi connectivity index (χ4n) is 6.94. The highest BCUT2D eigenvalue weighted by atomic mass is 32.2. The summed E-state index contributed by atoms with van der Waals surface area (Å²) in [6, 6.07) is -0.933. The lowest BCUT2D eigenvalue weighted by molar-refractivity contribution is -0.138. The minimum atomic E-state index is -4.06. The molecule has 46 heavy (non-hydrogen) atoms. The van der Waals surface area contributed by atoms with Gasteiger partial charge in [-0.05, 0) is 69.6 Å². The summed E-state index contributed by atoms with van der Waals surface area (Å²) in [5, 5.41) is 20.4. The van der Waals surface area contributed by atoms with Crippen LogP contribution < -0.4 is 15.9 Å². The highest BCUT2D eigenvalue weighted by Crippen LogP contribution is 2.35. The summed E-state index contributed by atoms with van der Waals surface area (Å²) in [5.41, 5.74) is 2.82. The lowest BCUT2D eigenvalue weighted by atomic mass is 9.79. The molecule has 7 unspecified atom stereocenters. The summed E-state index contributed by atoms with van der Waals surface area (Å²) in [6.07, 6.45) is -1.27. The predicted octanol–water partition coefficient (Wildman–Crippen LogP) is 3.21. The molecule has 14 heteroatoms. The Kier molecular flexibility index (Phi) is 16.8. The first kappa shape index (κ1) is 40.3. The van der Waals surface area contributed by atoms with Crippen LogP contribution in [0.4, 0.5) is 8.78 Å². The average Bonchev–Trinajstić information content (AvgIpc) is 2.94. The van der Waals surface area contributed by atoms with Gasteiger partial charge in [0.25, 0.3) is 0 Å². The van der Waals surface area contributed by atoms with Crippen LogP contribution in [0.3, 0.4) is 0 Å². The van der Waals surface area contributed by atoms with Crippen molar-refractivity contribution < 1.29 is 36.7 Å². The van der Waals surface area contributed by atoms with Crippen LogP contribution in [-0.2, 0) is 24.4 Å². The van der Waals surface area contributed by atoms with Crippen molar-refractivity contribution in [2.24, 2.45) is 28.8 Å². The maximum absolute atomic E-state index is 14.3. The number of amides is 3. The molecule has 0 saturated heterocycles. The molecule has 0 aliphatic heterocycles. The molecule has 2 aliphatic rings. The van der Waals surface area contributed by atoms with Crippen LogP contribution in [0.15, 0.2) is 0 Å². The minimum absolute atomic E-state index is 0.0251. The summed E-state index contributed by atoms with van der Waals surface area (Å²) >= 11 is 0. The normalized spacial score (nSPS) is 26.8. The minimum Gasteiger partial charge on any atom is -0.390 e. The molecular formula is C32H59F2N5O6S. The summed E-state index contributed by atoms with van der Waals surface area (Å²) < 4.78 is 53.7. The van der Waals surface area contributed by atoms with Crippen LogP contribution in [0, 0.1) is 23.7 Å². The number of nitrogens with two attached hydrogens (primary N) is 1. The average molecular weight is 680 g/mol. The van der Waals surface area contributed by atoms with Gasteiger partial charge in [-0.3, -0.25) is 19.8 Å². The van der Waals surface area contributed by atoms with Gasteiger partial charge >= 0.3 is 0 Å². The zero-order valence-corrected chi connectivity index (χ0v) is 29.2. The number of hydrogen-bond acceptors (Lipinski definition) is 7. The van der Waals surface area contributed by atoms with E-state index in [2.05, 4.69) is 10.7 Å². The van der Waals surface area contributed by atoms with E-state index in [9.17, 15) is 36.7 Å². The molecule has 0 spiro atoms. The van der Waals surface area contributed by atoms with Gasteiger partial charge in [-0.1, -0.05) is 34.6 Å². The summed E-state index contributed by atoms with van der Waals surface area (Å²) in [6.45, 7) is 11.1. The van der Waals surface area contributed by atoms with Crippen LogP contribution >= 0.6 is 0 Å². The molecule has 0 aromatic heterocycles. The monoisotopic (exact) mass is 679 g/mol. The number of aliphatic hydroxyl groups excluding tert-OH is 1. The second-order valence-corrected chi connectivity index (χ2v) is 15.7. The largest absolute Gasteiger partial charge is 0.390 e. The van der Waals surface area contributed by atoms with Crippen LogP contribution in [0.5, 0.6) is 0 Å². The molecule has 0 bridgehead atoms. The Hall–Kier alpha value is -1.90. The van der Waals surface area contributed by atoms with E-state index in [1.807, 2.05) is 34.6 Å². The van der Waals surface area contributed by atoms with Crippen molar-refractivity contribution in [3.8, 4) is 0 Å². The van der Waals surface area contributed by atoms with Gasteiger partial charge in [0.2, 0.25) is 27.7 Å². The second kappa shape index (κ2) is 19.2. The van der Waals surface area contributed by atoms with Gasteiger partial charge in [0.05, 0.1) is 17.4 Å². The molecule has 3 amide bonds. The zero-order valence-electron chi connectivity index (χ0n) is 28.4. The van der Waals surface area contributed by atoms with Crippen molar-refractivity contribution in [3.05, 3.63) is 0 Å². The topological polar surface area (TPSA) is 162 Å². The van der Waals surface area contributed by atoms with Crippen molar-refractivity contribution >= 4 is 27.7 Å². The maximum Gasteiger partial charge on any atom is 0.234 e. The van der Waals surface area contributed by atoms with Crippen molar-refractivity contribution in [2.75, 3.05) is 26.2 Å².